The highest BCUT2D eigenvalue weighted by Gasteiger charge is 2.17. The molecule has 0 aromatic carbocycles. The van der Waals surface area contributed by atoms with Crippen molar-refractivity contribution in [1.29, 1.82) is 0 Å². The van der Waals surface area contributed by atoms with Crippen molar-refractivity contribution in [3.8, 4) is 0 Å². The molecule has 3 nitrogen and oxygen atoms in total. The Balaban J connectivity index is 2.16. The summed E-state index contributed by atoms with van der Waals surface area (Å²) in [5, 5.41) is 0. The molecule has 1 aromatic rings. The Labute approximate surface area is 104 Å². The van der Waals surface area contributed by atoms with Gasteiger partial charge in [0.2, 0.25) is 0 Å². The maximum absolute atomic E-state index is 5.81. The van der Waals surface area contributed by atoms with Crippen LogP contribution in [0.1, 0.15) is 50.3 Å². The Hall–Kier alpha value is -0.390. The third-order valence-electron chi connectivity index (χ3n) is 3.01. The first kappa shape index (κ1) is 11.1. The molecule has 0 unspecified atom stereocenters. The fraction of sp³-hybridized carbons (Fsp3) is 0.636. The molecule has 1 fully saturated rings. The summed E-state index contributed by atoms with van der Waals surface area (Å²) in [6.45, 7) is 0. The van der Waals surface area contributed by atoms with E-state index in [1.54, 1.807) is 0 Å². The molecule has 0 amide bonds. The Morgan fingerprint density at radius 2 is 1.87 bits per heavy atom. The minimum Gasteiger partial charge on any atom is -0.383 e. The summed E-state index contributed by atoms with van der Waals surface area (Å²) in [6.07, 6.45) is 9.61. The SMILES string of the molecule is Nc1nc(C2CCCCCC2)ncc1I. The smallest absolute Gasteiger partial charge is 0.140 e. The first-order chi connectivity index (χ1) is 7.27. The lowest BCUT2D eigenvalue weighted by atomic mass is 9.99. The van der Waals surface area contributed by atoms with Crippen LogP contribution in [0.5, 0.6) is 0 Å². The molecule has 0 atom stereocenters. The van der Waals surface area contributed by atoms with Crippen molar-refractivity contribution in [2.75, 3.05) is 5.73 Å². The maximum Gasteiger partial charge on any atom is 0.140 e. The maximum atomic E-state index is 5.81. The minimum absolute atomic E-state index is 0.534. The van der Waals surface area contributed by atoms with E-state index < -0.39 is 0 Å². The number of halogens is 1. The minimum atomic E-state index is 0.534. The van der Waals surface area contributed by atoms with E-state index in [9.17, 15) is 0 Å². The number of hydrogen-bond donors (Lipinski definition) is 1. The van der Waals surface area contributed by atoms with Crippen LogP contribution in [0.15, 0.2) is 6.20 Å². The van der Waals surface area contributed by atoms with Crippen LogP contribution >= 0.6 is 22.6 Å². The van der Waals surface area contributed by atoms with Crippen molar-refractivity contribution in [1.82, 2.24) is 9.97 Å². The molecule has 1 saturated carbocycles. The number of anilines is 1. The molecule has 1 heterocycles. The number of nitrogens with zero attached hydrogens (tertiary/aromatic N) is 2. The molecule has 2 N–H and O–H groups in total. The summed E-state index contributed by atoms with van der Waals surface area (Å²) in [6, 6.07) is 0. The second-order valence-corrected chi connectivity index (χ2v) is 5.31. The summed E-state index contributed by atoms with van der Waals surface area (Å²) in [4.78, 5) is 8.80. The van der Waals surface area contributed by atoms with E-state index in [0.717, 1.165) is 9.39 Å². The fourth-order valence-corrected chi connectivity index (χ4v) is 2.39. The molecule has 0 bridgehead atoms. The van der Waals surface area contributed by atoms with Crippen molar-refractivity contribution < 1.29 is 0 Å². The monoisotopic (exact) mass is 317 g/mol. The molecule has 1 aliphatic carbocycles. The van der Waals surface area contributed by atoms with Crippen LogP contribution in [0.2, 0.25) is 0 Å². The molecular weight excluding hydrogens is 301 g/mol. The molecule has 1 aromatic heterocycles. The zero-order valence-corrected chi connectivity index (χ0v) is 10.9. The van der Waals surface area contributed by atoms with Gasteiger partial charge in [0.15, 0.2) is 0 Å². The third-order valence-corrected chi connectivity index (χ3v) is 3.84. The summed E-state index contributed by atoms with van der Waals surface area (Å²) in [7, 11) is 0. The highest BCUT2D eigenvalue weighted by atomic mass is 127. The highest BCUT2D eigenvalue weighted by Crippen LogP contribution is 2.30. The van der Waals surface area contributed by atoms with E-state index in [-0.39, 0.29) is 0 Å². The number of aromatic nitrogens is 2. The first-order valence-corrected chi connectivity index (χ1v) is 6.63. The van der Waals surface area contributed by atoms with Crippen LogP contribution in [0.25, 0.3) is 0 Å². The van der Waals surface area contributed by atoms with E-state index in [0.29, 0.717) is 11.7 Å². The van der Waals surface area contributed by atoms with Gasteiger partial charge >= 0.3 is 0 Å². The van der Waals surface area contributed by atoms with Gasteiger partial charge < -0.3 is 5.73 Å². The first-order valence-electron chi connectivity index (χ1n) is 5.55. The van der Waals surface area contributed by atoms with Crippen LogP contribution in [0.4, 0.5) is 5.82 Å². The lowest BCUT2D eigenvalue weighted by Crippen LogP contribution is -2.07. The average Bonchev–Trinajstić information content (AvgIpc) is 2.50. The van der Waals surface area contributed by atoms with Gasteiger partial charge in [-0.2, -0.15) is 0 Å². The fourth-order valence-electron chi connectivity index (χ4n) is 2.13. The number of nitrogens with two attached hydrogens (primary N) is 1. The van der Waals surface area contributed by atoms with E-state index in [4.69, 9.17) is 5.73 Å². The zero-order valence-electron chi connectivity index (χ0n) is 8.75. The molecular formula is C11H16IN3. The van der Waals surface area contributed by atoms with Crippen molar-refractivity contribution >= 4 is 28.4 Å². The van der Waals surface area contributed by atoms with Crippen molar-refractivity contribution in [2.45, 2.75) is 44.4 Å². The summed E-state index contributed by atoms with van der Waals surface area (Å²) >= 11 is 2.17. The second kappa shape index (κ2) is 5.09. The van der Waals surface area contributed by atoms with Gasteiger partial charge in [-0.1, -0.05) is 25.7 Å². The molecule has 0 saturated heterocycles. The summed E-state index contributed by atoms with van der Waals surface area (Å²) < 4.78 is 0.949. The quantitative estimate of drug-likeness (QED) is 0.640. The predicted octanol–water partition coefficient (Wildman–Crippen LogP) is 3.10. The van der Waals surface area contributed by atoms with Crippen molar-refractivity contribution in [3.63, 3.8) is 0 Å². The molecule has 2 rings (SSSR count). The highest BCUT2D eigenvalue weighted by molar-refractivity contribution is 14.1. The third kappa shape index (κ3) is 2.80. The molecule has 4 heteroatoms. The number of hydrogen-bond acceptors (Lipinski definition) is 3. The van der Waals surface area contributed by atoms with Gasteiger partial charge in [0.1, 0.15) is 11.6 Å². The topological polar surface area (TPSA) is 51.8 Å². The van der Waals surface area contributed by atoms with Crippen LogP contribution in [-0.2, 0) is 0 Å². The van der Waals surface area contributed by atoms with Gasteiger partial charge in [-0.3, -0.25) is 0 Å². The largest absolute Gasteiger partial charge is 0.383 e. The van der Waals surface area contributed by atoms with E-state index >= 15 is 0 Å². The Kier molecular flexibility index (Phi) is 3.77. The summed E-state index contributed by atoms with van der Waals surface area (Å²) in [5.74, 6) is 2.12. The van der Waals surface area contributed by atoms with Gasteiger partial charge in [0.25, 0.3) is 0 Å². The molecule has 1 aliphatic rings. The van der Waals surface area contributed by atoms with E-state index in [1.807, 2.05) is 6.20 Å². The number of rotatable bonds is 1. The Bertz CT molecular complexity index is 333. The second-order valence-electron chi connectivity index (χ2n) is 4.15. The normalized spacial score (nSPS) is 18.7. The number of nitrogen functional groups attached to an aromatic ring is 1. The van der Waals surface area contributed by atoms with E-state index in [1.165, 1.54) is 38.5 Å². The van der Waals surface area contributed by atoms with Crippen LogP contribution < -0.4 is 5.73 Å². The van der Waals surface area contributed by atoms with Gasteiger partial charge in [-0.25, -0.2) is 9.97 Å². The molecule has 15 heavy (non-hydrogen) atoms. The summed E-state index contributed by atoms with van der Waals surface area (Å²) in [5.41, 5.74) is 5.81. The standard InChI is InChI=1S/C11H16IN3/c12-9-7-14-11(15-10(9)13)8-5-3-1-2-4-6-8/h7-8H,1-6H2,(H2,13,14,15). The predicted molar refractivity (Wildman–Crippen MR) is 69.6 cm³/mol. The zero-order chi connectivity index (χ0) is 10.7. The van der Waals surface area contributed by atoms with Crippen LogP contribution in [0.3, 0.4) is 0 Å². The van der Waals surface area contributed by atoms with Gasteiger partial charge in [0.05, 0.1) is 3.57 Å². The molecule has 0 spiro atoms. The van der Waals surface area contributed by atoms with E-state index in [2.05, 4.69) is 32.6 Å². The molecule has 0 aliphatic heterocycles. The van der Waals surface area contributed by atoms with Crippen LogP contribution in [0, 0.1) is 3.57 Å². The van der Waals surface area contributed by atoms with Gasteiger partial charge in [0, 0.05) is 12.1 Å². The van der Waals surface area contributed by atoms with Gasteiger partial charge in [-0.05, 0) is 35.4 Å². The Morgan fingerprint density at radius 3 is 2.47 bits per heavy atom. The van der Waals surface area contributed by atoms with Crippen LogP contribution in [-0.4, -0.2) is 9.97 Å². The van der Waals surface area contributed by atoms with Crippen molar-refractivity contribution in [2.24, 2.45) is 0 Å². The lowest BCUT2D eigenvalue weighted by molar-refractivity contribution is 0.561. The Morgan fingerprint density at radius 1 is 1.20 bits per heavy atom. The lowest BCUT2D eigenvalue weighted by Gasteiger charge is -2.12. The van der Waals surface area contributed by atoms with Crippen molar-refractivity contribution in [3.05, 3.63) is 15.6 Å². The van der Waals surface area contributed by atoms with Gasteiger partial charge in [-0.15, -0.1) is 0 Å². The molecule has 0 radical (unpaired) electrons. The molecule has 82 valence electrons. The average molecular weight is 317 g/mol.